The Balaban J connectivity index is 0.000000163. The van der Waals surface area contributed by atoms with Crippen molar-refractivity contribution in [1.82, 2.24) is 20.6 Å². The molecule has 10 aromatic carbocycles. The van der Waals surface area contributed by atoms with E-state index in [4.69, 9.17) is 0 Å². The number of aryl methyl sites for hydroxylation is 3. The zero-order chi connectivity index (χ0) is 62.9. The predicted molar refractivity (Wildman–Crippen MR) is 358 cm³/mol. The first-order chi connectivity index (χ1) is 42.9. The number of halogens is 2. The van der Waals surface area contributed by atoms with E-state index in [-0.39, 0.29) is 61.5 Å². The van der Waals surface area contributed by atoms with E-state index in [2.05, 4.69) is 80.6 Å². The van der Waals surface area contributed by atoms with Crippen molar-refractivity contribution < 1.29 is 31.2 Å². The maximum Gasteiger partial charge on any atom is 0.228 e. The molecule has 0 saturated heterocycles. The largest absolute Gasteiger partial charge is 0.325 e. The fraction of sp³-hybridized carbons (Fsp3) is 0.0857. The molecule has 4 N–H and O–H groups in total. The number of nitrogens with one attached hydrogen (secondary N) is 4. The number of amides is 3. The van der Waals surface area contributed by atoms with E-state index in [0.29, 0.717) is 27.8 Å². The van der Waals surface area contributed by atoms with Gasteiger partial charge < -0.3 is 16.0 Å². The van der Waals surface area contributed by atoms with Gasteiger partial charge in [-0.2, -0.15) is 5.21 Å². The number of aromatic amines is 1. The summed E-state index contributed by atoms with van der Waals surface area (Å²) < 4.78 is 54.7. The molecule has 0 bridgehead atoms. The summed E-state index contributed by atoms with van der Waals surface area (Å²) in [5.41, 5.74) is 9.54. The Morgan fingerprint density at radius 2 is 0.831 bits per heavy atom. The molecule has 0 aliphatic rings. The van der Waals surface area contributed by atoms with Gasteiger partial charge in [-0.15, -0.1) is 10.2 Å². The topological polar surface area (TPSA) is 210 Å². The van der Waals surface area contributed by atoms with Crippen molar-refractivity contribution in [2.24, 2.45) is 0 Å². The minimum Gasteiger partial charge on any atom is -0.325 e. The maximum absolute atomic E-state index is 13.5. The van der Waals surface area contributed by atoms with Gasteiger partial charge in [-0.05, 0) is 139 Å². The van der Waals surface area contributed by atoms with Crippen LogP contribution in [0.25, 0.3) is 22.5 Å². The molecule has 448 valence electrons. The Kier molecular flexibility index (Phi) is 21.8. The fourth-order valence-corrected chi connectivity index (χ4v) is 13.5. The highest BCUT2D eigenvalue weighted by atomic mass is 79.9. The number of sulfone groups is 2. The summed E-state index contributed by atoms with van der Waals surface area (Å²) >= 11 is 8.46. The third-order valence-electron chi connectivity index (χ3n) is 13.6. The van der Waals surface area contributed by atoms with Crippen LogP contribution in [0.3, 0.4) is 0 Å². The zero-order valence-electron chi connectivity index (χ0n) is 48.4. The SMILES string of the molecule is Cc1ccc(CC(=O)Nc2cc(-c3ccccc3-c3nn[nH]n3)ccc2S(=O)(=O)c2ccccc2)cc1.Cc1ccc(CC(=O)Nc2cc(Br)ccc2S(=O)(=O)c2ccccc2)cc1.Cc1ccc(CC(=O)Nc2cc(Br)ccc2Sc2ccccc2)cc1. The number of carbonyl (C=O) groups is 3. The van der Waals surface area contributed by atoms with Gasteiger partial charge in [-0.3, -0.25) is 14.4 Å². The van der Waals surface area contributed by atoms with Crippen LogP contribution < -0.4 is 16.0 Å². The van der Waals surface area contributed by atoms with Gasteiger partial charge in [-0.1, -0.05) is 218 Å². The van der Waals surface area contributed by atoms with Crippen molar-refractivity contribution in [1.29, 1.82) is 0 Å². The molecule has 0 unspecified atom stereocenters. The van der Waals surface area contributed by atoms with Crippen LogP contribution in [0.5, 0.6) is 0 Å². The van der Waals surface area contributed by atoms with E-state index in [1.165, 1.54) is 42.0 Å². The van der Waals surface area contributed by atoms with E-state index in [1.54, 1.807) is 72.4 Å². The number of hydrogen-bond donors (Lipinski definition) is 4. The second-order valence-electron chi connectivity index (χ2n) is 20.5. The highest BCUT2D eigenvalue weighted by Crippen LogP contribution is 2.38. The molecule has 3 amide bonds. The monoisotopic (exact) mass is 1360 g/mol. The van der Waals surface area contributed by atoms with Crippen LogP contribution in [0.2, 0.25) is 0 Å². The van der Waals surface area contributed by atoms with E-state index in [1.807, 2.05) is 154 Å². The van der Waals surface area contributed by atoms with Crippen LogP contribution in [-0.2, 0) is 53.3 Å². The zero-order valence-corrected chi connectivity index (χ0v) is 54.0. The minimum absolute atomic E-state index is 0.0109. The predicted octanol–water partition coefficient (Wildman–Crippen LogP) is 15.7. The Labute approximate surface area is 538 Å². The van der Waals surface area contributed by atoms with Gasteiger partial charge in [0.1, 0.15) is 0 Å². The van der Waals surface area contributed by atoms with Crippen LogP contribution in [-0.4, -0.2) is 55.2 Å². The van der Waals surface area contributed by atoms with Crippen molar-refractivity contribution >= 4 is 98.1 Å². The van der Waals surface area contributed by atoms with Crippen LogP contribution in [0.15, 0.2) is 281 Å². The number of rotatable bonds is 17. The van der Waals surface area contributed by atoms with Crippen molar-refractivity contribution in [3.8, 4) is 22.5 Å². The van der Waals surface area contributed by atoms with E-state index >= 15 is 0 Å². The number of tetrazole rings is 1. The molecule has 11 rings (SSSR count). The number of benzene rings is 10. The van der Waals surface area contributed by atoms with Gasteiger partial charge in [0.2, 0.25) is 43.2 Å². The molecule has 11 aromatic rings. The molecule has 0 aliphatic heterocycles. The van der Waals surface area contributed by atoms with Crippen LogP contribution in [0.4, 0.5) is 17.1 Å². The highest BCUT2D eigenvalue weighted by molar-refractivity contribution is 9.10. The molecule has 0 atom stereocenters. The molecule has 0 aliphatic carbocycles. The fourth-order valence-electron chi connectivity index (χ4n) is 9.08. The molecule has 1 aromatic heterocycles. The highest BCUT2D eigenvalue weighted by Gasteiger charge is 2.25. The minimum atomic E-state index is -3.90. The number of nitrogens with zero attached hydrogens (tertiary/aromatic N) is 3. The number of aromatic nitrogens is 4. The summed E-state index contributed by atoms with van der Waals surface area (Å²) in [5, 5.41) is 22.9. The summed E-state index contributed by atoms with van der Waals surface area (Å²) in [4.78, 5) is 40.5. The third kappa shape index (κ3) is 17.8. The summed E-state index contributed by atoms with van der Waals surface area (Å²) in [6.07, 6.45) is 0.634. The first-order valence-corrected chi connectivity index (χ1v) is 33.2. The Morgan fingerprint density at radius 1 is 0.438 bits per heavy atom. The summed E-state index contributed by atoms with van der Waals surface area (Å²) in [7, 11) is -7.65. The van der Waals surface area contributed by atoms with E-state index in [9.17, 15) is 31.2 Å². The normalized spacial score (nSPS) is 11.0. The van der Waals surface area contributed by atoms with Gasteiger partial charge in [0, 0.05) is 24.3 Å². The van der Waals surface area contributed by atoms with Crippen LogP contribution >= 0.6 is 43.6 Å². The Hall–Kier alpha value is -9.11. The maximum atomic E-state index is 13.5. The lowest BCUT2D eigenvalue weighted by atomic mass is 9.99. The molecule has 0 radical (unpaired) electrons. The standard InChI is InChI=1S/C28H23N5O3S.C21H18BrNO3S.C21H18BrNOS/c1-19-11-13-20(14-12-19)17-27(34)29-25-18-21(23-9-5-6-10-24(23)28-30-32-33-31-28)15-16-26(25)37(35,36)22-7-3-2-4-8-22;1-15-7-9-16(10-8-15)13-21(24)23-19-14-17(22)11-12-20(19)27(25,26)18-5-3-2-4-6-18;1-15-7-9-16(10-8-15)13-21(24)23-19-14-17(22)11-12-20(19)25-18-5-3-2-4-6-18/h2-16,18H,17H2,1H3,(H,29,34)(H,30,31,32,33);2-12,14H,13H2,1H3,(H,23,24);2-12,14H,13H2,1H3,(H,23,24). The van der Waals surface area contributed by atoms with Gasteiger partial charge in [0.15, 0.2) is 0 Å². The van der Waals surface area contributed by atoms with Crippen molar-refractivity contribution in [3.63, 3.8) is 0 Å². The molecular weight excluding hydrogens is 1310 g/mol. The Morgan fingerprint density at radius 3 is 1.29 bits per heavy atom. The van der Waals surface area contributed by atoms with Crippen LogP contribution in [0.1, 0.15) is 33.4 Å². The molecule has 0 saturated carbocycles. The average Bonchev–Trinajstić information content (AvgIpc) is 2.58. The quantitative estimate of drug-likeness (QED) is 0.0674. The average molecular weight is 1370 g/mol. The molecule has 0 spiro atoms. The Bertz CT molecular complexity index is 4470. The van der Waals surface area contributed by atoms with Crippen molar-refractivity contribution in [2.75, 3.05) is 16.0 Å². The van der Waals surface area contributed by atoms with E-state index < -0.39 is 19.7 Å². The number of H-pyrrole nitrogens is 1. The second-order valence-corrected chi connectivity index (χ2v) is 27.2. The van der Waals surface area contributed by atoms with Crippen molar-refractivity contribution in [3.05, 3.63) is 285 Å². The van der Waals surface area contributed by atoms with Gasteiger partial charge in [-0.25, -0.2) is 16.8 Å². The van der Waals surface area contributed by atoms with Gasteiger partial charge in [0.05, 0.1) is 55.9 Å². The first-order valence-electron chi connectivity index (χ1n) is 27.8. The van der Waals surface area contributed by atoms with Crippen LogP contribution in [0, 0.1) is 20.8 Å². The van der Waals surface area contributed by atoms with Crippen molar-refractivity contribution in [2.45, 2.75) is 69.4 Å². The molecule has 1 heterocycles. The van der Waals surface area contributed by atoms with Gasteiger partial charge in [0.25, 0.3) is 0 Å². The number of carbonyl (C=O) groups excluding carboxylic acids is 3. The molecule has 19 heteroatoms. The smallest absolute Gasteiger partial charge is 0.228 e. The number of anilines is 3. The molecule has 89 heavy (non-hydrogen) atoms. The summed E-state index contributed by atoms with van der Waals surface area (Å²) in [5.74, 6) is -0.211. The summed E-state index contributed by atoms with van der Waals surface area (Å²) in [6, 6.07) is 72.8. The van der Waals surface area contributed by atoms with Gasteiger partial charge >= 0.3 is 0 Å². The lowest BCUT2D eigenvalue weighted by molar-refractivity contribution is -0.116. The molecule has 14 nitrogen and oxygen atoms in total. The lowest BCUT2D eigenvalue weighted by Crippen LogP contribution is -2.17. The summed E-state index contributed by atoms with van der Waals surface area (Å²) in [6.45, 7) is 5.99. The van der Waals surface area contributed by atoms with E-state index in [0.717, 1.165) is 53.3 Å². The first kappa shape index (κ1) is 64.4. The molecular formula is C70H59Br2N7O7S3. The lowest BCUT2D eigenvalue weighted by Gasteiger charge is -2.15. The second kappa shape index (κ2) is 30.2. The number of hydrogen-bond acceptors (Lipinski definition) is 11. The molecule has 0 fully saturated rings. The third-order valence-corrected chi connectivity index (χ3v) is 19.3.